The van der Waals surface area contributed by atoms with Crippen molar-refractivity contribution in [2.75, 3.05) is 50.1 Å². The average molecular weight is 386 g/mol. The Bertz CT molecular complexity index is 674. The maximum atomic E-state index is 12.8. The first-order valence-electron chi connectivity index (χ1n) is 8.55. The van der Waals surface area contributed by atoms with E-state index in [-0.39, 0.29) is 30.5 Å². The van der Waals surface area contributed by atoms with Gasteiger partial charge in [0.05, 0.1) is 12.3 Å². The third kappa shape index (κ3) is 5.34. The molecule has 1 aromatic rings. The number of alkyl halides is 2. The van der Waals surface area contributed by atoms with Crippen LogP contribution in [0.25, 0.3) is 0 Å². The summed E-state index contributed by atoms with van der Waals surface area (Å²) in [7, 11) is 1.74. The van der Waals surface area contributed by atoms with Crippen LogP contribution in [0.2, 0.25) is 0 Å². The highest BCUT2D eigenvalue weighted by atomic mass is 19.3. The fourth-order valence-electron chi connectivity index (χ4n) is 2.69. The molecule has 1 fully saturated rings. The Kier molecular flexibility index (Phi) is 7.45. The van der Waals surface area contributed by atoms with Crippen molar-refractivity contribution in [1.82, 2.24) is 4.90 Å². The number of nitrogens with one attached hydrogen (secondary N) is 1. The zero-order chi connectivity index (χ0) is 20.0. The minimum Gasteiger partial charge on any atom is -0.433 e. The molecule has 2 rings (SSSR count). The van der Waals surface area contributed by atoms with Gasteiger partial charge in [-0.25, -0.2) is 0 Å². The number of morpholine rings is 1. The van der Waals surface area contributed by atoms with Gasteiger partial charge < -0.3 is 25.4 Å². The Hall–Kier alpha value is -2.30. The van der Waals surface area contributed by atoms with E-state index >= 15 is 0 Å². The molecule has 1 heterocycles. The topological polar surface area (TPSA) is 97.1 Å². The number of carbonyl (C=O) groups is 2. The van der Waals surface area contributed by atoms with E-state index in [2.05, 4.69) is 10.1 Å². The van der Waals surface area contributed by atoms with Gasteiger partial charge >= 0.3 is 6.61 Å². The Labute approximate surface area is 156 Å². The molecule has 0 unspecified atom stereocenters. The summed E-state index contributed by atoms with van der Waals surface area (Å²) in [4.78, 5) is 27.6. The molecule has 10 heteroatoms. The van der Waals surface area contributed by atoms with E-state index in [1.807, 2.05) is 6.92 Å². The molecule has 1 saturated heterocycles. The fraction of sp³-hybridized carbons (Fsp3) is 0.529. The van der Waals surface area contributed by atoms with Gasteiger partial charge in [0, 0.05) is 24.8 Å². The standard InChI is InChI=1S/C17H24F2N4O4/c1-3-22(2)13(9-20)16(25)21-12-5-4-11(8-14(12)27-17(18)19)23-6-7-26-10-15(23)24/h4-5,8,13,17H,3,6-7,9-10,20H2,1-2H3,(H,21,25)/t13-/m0/s1. The number of halogens is 2. The number of ether oxygens (including phenoxy) is 2. The van der Waals surface area contributed by atoms with Gasteiger partial charge in [0.1, 0.15) is 12.6 Å². The van der Waals surface area contributed by atoms with E-state index in [0.717, 1.165) is 0 Å². The predicted molar refractivity (Wildman–Crippen MR) is 96.0 cm³/mol. The summed E-state index contributed by atoms with van der Waals surface area (Å²) in [6.07, 6.45) is 0. The minimum atomic E-state index is -3.08. The summed E-state index contributed by atoms with van der Waals surface area (Å²) < 4.78 is 35.3. The zero-order valence-electron chi connectivity index (χ0n) is 15.3. The van der Waals surface area contributed by atoms with Gasteiger partial charge in [-0.15, -0.1) is 0 Å². The van der Waals surface area contributed by atoms with Crippen LogP contribution in [0, 0.1) is 0 Å². The van der Waals surface area contributed by atoms with Crippen molar-refractivity contribution in [1.29, 1.82) is 0 Å². The van der Waals surface area contributed by atoms with Crippen molar-refractivity contribution in [2.24, 2.45) is 5.73 Å². The van der Waals surface area contributed by atoms with E-state index in [9.17, 15) is 18.4 Å². The molecule has 150 valence electrons. The van der Waals surface area contributed by atoms with Crippen molar-refractivity contribution in [3.05, 3.63) is 18.2 Å². The van der Waals surface area contributed by atoms with Crippen LogP contribution >= 0.6 is 0 Å². The molecular weight excluding hydrogens is 362 g/mol. The number of benzene rings is 1. The van der Waals surface area contributed by atoms with Crippen molar-refractivity contribution in [2.45, 2.75) is 19.6 Å². The van der Waals surface area contributed by atoms with Crippen molar-refractivity contribution < 1.29 is 27.8 Å². The lowest BCUT2D eigenvalue weighted by molar-refractivity contribution is -0.125. The minimum absolute atomic E-state index is 0.0710. The van der Waals surface area contributed by atoms with Crippen LogP contribution in [0.4, 0.5) is 20.2 Å². The number of anilines is 2. The van der Waals surface area contributed by atoms with E-state index in [4.69, 9.17) is 10.5 Å². The Morgan fingerprint density at radius 1 is 1.48 bits per heavy atom. The number of hydrogen-bond acceptors (Lipinski definition) is 6. The number of nitrogens with two attached hydrogens (primary N) is 1. The Morgan fingerprint density at radius 3 is 2.81 bits per heavy atom. The SMILES string of the molecule is CCN(C)[C@@H](CN)C(=O)Nc1ccc(N2CCOCC2=O)cc1OC(F)F. The second-order valence-electron chi connectivity index (χ2n) is 5.97. The first-order chi connectivity index (χ1) is 12.9. The fourth-order valence-corrected chi connectivity index (χ4v) is 2.69. The summed E-state index contributed by atoms with van der Waals surface area (Å²) in [5.74, 6) is -0.949. The molecule has 0 radical (unpaired) electrons. The van der Waals surface area contributed by atoms with Crippen molar-refractivity contribution >= 4 is 23.2 Å². The van der Waals surface area contributed by atoms with Crippen molar-refractivity contribution in [3.8, 4) is 5.75 Å². The third-order valence-corrected chi connectivity index (χ3v) is 4.29. The largest absolute Gasteiger partial charge is 0.433 e. The van der Waals surface area contributed by atoms with E-state index in [0.29, 0.717) is 25.4 Å². The normalized spacial score (nSPS) is 16.0. The molecule has 1 aromatic carbocycles. The molecule has 1 aliphatic rings. The second-order valence-corrected chi connectivity index (χ2v) is 5.97. The molecule has 1 aliphatic heterocycles. The first kappa shape index (κ1) is 21.0. The highest BCUT2D eigenvalue weighted by Gasteiger charge is 2.25. The van der Waals surface area contributed by atoms with Crippen LogP contribution in [0.5, 0.6) is 5.75 Å². The molecule has 27 heavy (non-hydrogen) atoms. The molecule has 0 saturated carbocycles. The molecule has 2 amide bonds. The Morgan fingerprint density at radius 2 is 2.22 bits per heavy atom. The van der Waals surface area contributed by atoms with Crippen LogP contribution in [0.15, 0.2) is 18.2 Å². The van der Waals surface area contributed by atoms with E-state index < -0.39 is 18.6 Å². The average Bonchev–Trinajstić information content (AvgIpc) is 2.63. The van der Waals surface area contributed by atoms with Gasteiger partial charge in [-0.3, -0.25) is 14.5 Å². The Balaban J connectivity index is 2.27. The highest BCUT2D eigenvalue weighted by Crippen LogP contribution is 2.32. The van der Waals surface area contributed by atoms with Crippen LogP contribution in [0.3, 0.4) is 0 Å². The number of likely N-dealkylation sites (N-methyl/N-ethyl adjacent to an activating group) is 1. The summed E-state index contributed by atoms with van der Waals surface area (Å²) in [6.45, 7) is 0.0156. The third-order valence-electron chi connectivity index (χ3n) is 4.29. The summed E-state index contributed by atoms with van der Waals surface area (Å²) in [6, 6.07) is 3.66. The van der Waals surface area contributed by atoms with Gasteiger partial charge in [-0.1, -0.05) is 6.92 Å². The lowest BCUT2D eigenvalue weighted by Gasteiger charge is -2.28. The molecule has 8 nitrogen and oxygen atoms in total. The first-order valence-corrected chi connectivity index (χ1v) is 8.55. The number of rotatable bonds is 8. The molecule has 1 atom stereocenters. The predicted octanol–water partition coefficient (Wildman–Crippen LogP) is 0.869. The number of amides is 2. The van der Waals surface area contributed by atoms with Gasteiger partial charge in [0.15, 0.2) is 5.75 Å². The maximum absolute atomic E-state index is 12.8. The molecule has 0 spiro atoms. The summed E-state index contributed by atoms with van der Waals surface area (Å²) in [5, 5.41) is 2.58. The molecule has 0 bridgehead atoms. The maximum Gasteiger partial charge on any atom is 0.387 e. The zero-order valence-corrected chi connectivity index (χ0v) is 15.3. The van der Waals surface area contributed by atoms with Crippen LogP contribution in [-0.4, -0.2) is 69.3 Å². The number of carbonyl (C=O) groups excluding carboxylic acids is 2. The van der Waals surface area contributed by atoms with E-state index in [1.54, 1.807) is 18.0 Å². The van der Waals surface area contributed by atoms with Gasteiger partial charge in [-0.05, 0) is 25.7 Å². The molecule has 0 aliphatic carbocycles. The monoisotopic (exact) mass is 386 g/mol. The van der Waals surface area contributed by atoms with Crippen molar-refractivity contribution in [3.63, 3.8) is 0 Å². The molecule has 3 N–H and O–H groups in total. The summed E-state index contributed by atoms with van der Waals surface area (Å²) in [5.41, 5.74) is 6.11. The summed E-state index contributed by atoms with van der Waals surface area (Å²) >= 11 is 0. The van der Waals surface area contributed by atoms with Crippen LogP contribution in [0.1, 0.15) is 6.92 Å². The molecular formula is C17H24F2N4O4. The van der Waals surface area contributed by atoms with Gasteiger partial charge in [0.25, 0.3) is 5.91 Å². The smallest absolute Gasteiger partial charge is 0.387 e. The quantitative estimate of drug-likeness (QED) is 0.688. The van der Waals surface area contributed by atoms with Gasteiger partial charge in [0.2, 0.25) is 5.91 Å². The lowest BCUT2D eigenvalue weighted by Crippen LogP contribution is -2.46. The molecule has 0 aromatic heterocycles. The second kappa shape index (κ2) is 9.58. The number of hydrogen-bond donors (Lipinski definition) is 2. The number of nitrogens with zero attached hydrogens (tertiary/aromatic N) is 2. The van der Waals surface area contributed by atoms with E-state index in [1.165, 1.54) is 17.0 Å². The van der Waals surface area contributed by atoms with Gasteiger partial charge in [-0.2, -0.15) is 8.78 Å². The van der Waals surface area contributed by atoms with Crippen LogP contribution in [-0.2, 0) is 14.3 Å². The van der Waals surface area contributed by atoms with Crippen LogP contribution < -0.4 is 20.7 Å². The highest BCUT2D eigenvalue weighted by molar-refractivity contribution is 5.98. The lowest BCUT2D eigenvalue weighted by atomic mass is 10.2.